The van der Waals surface area contributed by atoms with E-state index >= 15 is 0 Å². The molecule has 1 aromatic heterocycles. The van der Waals surface area contributed by atoms with Crippen LogP contribution in [0.15, 0.2) is 36.4 Å². The first-order valence-electron chi connectivity index (χ1n) is 10.4. The first kappa shape index (κ1) is 22.3. The minimum absolute atomic E-state index is 0.0146. The van der Waals surface area contributed by atoms with E-state index in [0.29, 0.717) is 29.2 Å². The van der Waals surface area contributed by atoms with E-state index in [0.717, 1.165) is 5.56 Å². The Balaban J connectivity index is 2.24. The molecule has 7 heteroatoms. The van der Waals surface area contributed by atoms with Crippen molar-refractivity contribution in [2.24, 2.45) is 0 Å². The lowest BCUT2D eigenvalue weighted by atomic mass is 9.87. The van der Waals surface area contributed by atoms with E-state index in [1.54, 1.807) is 10.6 Å². The average Bonchev–Trinajstić information content (AvgIpc) is 3.12. The minimum atomic E-state index is -0.358. The number of phenols is 2. The van der Waals surface area contributed by atoms with Crippen LogP contribution in [0.25, 0.3) is 17.1 Å². The molecule has 1 amide bonds. The van der Waals surface area contributed by atoms with Crippen molar-refractivity contribution < 1.29 is 15.0 Å². The molecule has 0 aliphatic heterocycles. The molecule has 0 bridgehead atoms. The second-order valence-electron chi connectivity index (χ2n) is 8.92. The second-order valence-corrected chi connectivity index (χ2v) is 8.92. The summed E-state index contributed by atoms with van der Waals surface area (Å²) in [5.41, 5.74) is 2.90. The molecular weight excluding hydrogens is 392 g/mol. The summed E-state index contributed by atoms with van der Waals surface area (Å²) in [5, 5.41) is 31.9. The van der Waals surface area contributed by atoms with Crippen LogP contribution in [0.1, 0.15) is 69.2 Å². The second kappa shape index (κ2) is 8.41. The molecule has 3 aromatic rings. The fourth-order valence-electron chi connectivity index (χ4n) is 3.44. The van der Waals surface area contributed by atoms with Gasteiger partial charge in [0.2, 0.25) is 5.82 Å². The normalized spacial score (nSPS) is 11.7. The van der Waals surface area contributed by atoms with E-state index in [2.05, 4.69) is 36.3 Å². The molecule has 3 N–H and O–H groups in total. The molecule has 31 heavy (non-hydrogen) atoms. The van der Waals surface area contributed by atoms with Gasteiger partial charge in [-0.05, 0) is 47.6 Å². The molecule has 164 valence electrons. The summed E-state index contributed by atoms with van der Waals surface area (Å²) in [4.78, 5) is 12.7. The van der Waals surface area contributed by atoms with Crippen LogP contribution in [0.4, 0.5) is 0 Å². The molecule has 0 radical (unpaired) electrons. The third kappa shape index (κ3) is 4.40. The van der Waals surface area contributed by atoms with Crippen LogP contribution in [0.2, 0.25) is 0 Å². The summed E-state index contributed by atoms with van der Waals surface area (Å²) in [6, 6.07) is 10.8. The SMILES string of the molecule is CCNC(=O)c1nnc(-c2cc(C(C)C)c(O)cc2O)n1-c1ccc(C(C)(C)C)cc1. The maximum atomic E-state index is 12.7. The summed E-state index contributed by atoms with van der Waals surface area (Å²) in [6.45, 7) is 12.6. The number of amides is 1. The standard InChI is InChI=1S/C24H30N4O3/c1-7-25-23(31)22-27-26-21(18-12-17(14(2)3)19(29)13-20(18)30)28(22)16-10-8-15(9-11-16)24(4,5)6/h8-14,29-30H,7H2,1-6H3,(H,25,31). The third-order valence-corrected chi connectivity index (χ3v) is 5.20. The molecule has 0 fully saturated rings. The number of rotatable bonds is 5. The highest BCUT2D eigenvalue weighted by Gasteiger charge is 2.24. The van der Waals surface area contributed by atoms with Gasteiger partial charge in [-0.15, -0.1) is 10.2 Å². The van der Waals surface area contributed by atoms with Crippen molar-refractivity contribution in [1.82, 2.24) is 20.1 Å². The molecule has 0 unspecified atom stereocenters. The van der Waals surface area contributed by atoms with Crippen molar-refractivity contribution >= 4 is 5.91 Å². The summed E-state index contributed by atoms with van der Waals surface area (Å²) in [5.74, 6) is 0.00125. The first-order chi connectivity index (χ1) is 14.5. The van der Waals surface area contributed by atoms with Gasteiger partial charge in [0.1, 0.15) is 11.5 Å². The minimum Gasteiger partial charge on any atom is -0.508 e. The Morgan fingerprint density at radius 2 is 1.71 bits per heavy atom. The van der Waals surface area contributed by atoms with Gasteiger partial charge in [-0.25, -0.2) is 0 Å². The van der Waals surface area contributed by atoms with E-state index in [9.17, 15) is 15.0 Å². The Bertz CT molecular complexity index is 1090. The summed E-state index contributed by atoms with van der Waals surface area (Å²) < 4.78 is 1.63. The van der Waals surface area contributed by atoms with E-state index in [1.807, 2.05) is 45.0 Å². The number of nitrogens with one attached hydrogen (secondary N) is 1. The number of hydrogen-bond donors (Lipinski definition) is 3. The van der Waals surface area contributed by atoms with Gasteiger partial charge in [0.25, 0.3) is 5.91 Å². The summed E-state index contributed by atoms with van der Waals surface area (Å²) in [7, 11) is 0. The van der Waals surface area contributed by atoms with Crippen molar-refractivity contribution in [3.63, 3.8) is 0 Å². The fraction of sp³-hybridized carbons (Fsp3) is 0.375. The number of carbonyl (C=O) groups excluding carboxylic acids is 1. The molecule has 2 aromatic carbocycles. The first-order valence-corrected chi connectivity index (χ1v) is 10.4. The quantitative estimate of drug-likeness (QED) is 0.561. The smallest absolute Gasteiger partial charge is 0.289 e. The number of aromatic hydroxyl groups is 2. The molecule has 0 atom stereocenters. The molecule has 0 aliphatic carbocycles. The van der Waals surface area contributed by atoms with Crippen LogP contribution in [0.5, 0.6) is 11.5 Å². The van der Waals surface area contributed by atoms with E-state index < -0.39 is 0 Å². The Morgan fingerprint density at radius 1 is 1.06 bits per heavy atom. The van der Waals surface area contributed by atoms with Crippen molar-refractivity contribution in [1.29, 1.82) is 0 Å². The maximum Gasteiger partial charge on any atom is 0.289 e. The van der Waals surface area contributed by atoms with E-state index in [-0.39, 0.29) is 34.6 Å². The van der Waals surface area contributed by atoms with Crippen LogP contribution in [-0.2, 0) is 5.41 Å². The number of hydrogen-bond acceptors (Lipinski definition) is 5. The fourth-order valence-corrected chi connectivity index (χ4v) is 3.44. The van der Waals surface area contributed by atoms with Crippen LogP contribution >= 0.6 is 0 Å². The molecular formula is C24H30N4O3. The van der Waals surface area contributed by atoms with Crippen LogP contribution < -0.4 is 5.32 Å². The van der Waals surface area contributed by atoms with Crippen LogP contribution in [0, 0.1) is 0 Å². The monoisotopic (exact) mass is 422 g/mol. The van der Waals surface area contributed by atoms with Crippen LogP contribution in [-0.4, -0.2) is 37.4 Å². The van der Waals surface area contributed by atoms with Crippen molar-refractivity contribution in [2.45, 2.75) is 52.9 Å². The number of aromatic nitrogens is 3. The predicted molar refractivity (Wildman–Crippen MR) is 121 cm³/mol. The Labute approximate surface area is 182 Å². The summed E-state index contributed by atoms with van der Waals surface area (Å²) >= 11 is 0. The molecule has 7 nitrogen and oxygen atoms in total. The number of phenolic OH excluding ortho intramolecular Hbond substituents is 2. The largest absolute Gasteiger partial charge is 0.508 e. The van der Waals surface area contributed by atoms with Crippen molar-refractivity contribution in [3.05, 3.63) is 53.3 Å². The summed E-state index contributed by atoms with van der Waals surface area (Å²) in [6.07, 6.45) is 0. The highest BCUT2D eigenvalue weighted by molar-refractivity contribution is 5.92. The highest BCUT2D eigenvalue weighted by Crippen LogP contribution is 2.38. The number of carbonyl (C=O) groups is 1. The van der Waals surface area contributed by atoms with Crippen LogP contribution in [0.3, 0.4) is 0 Å². The number of nitrogens with zero attached hydrogens (tertiary/aromatic N) is 3. The van der Waals surface area contributed by atoms with Gasteiger partial charge in [0.05, 0.1) is 5.56 Å². The van der Waals surface area contributed by atoms with Crippen molar-refractivity contribution in [3.8, 4) is 28.6 Å². The van der Waals surface area contributed by atoms with E-state index in [4.69, 9.17) is 0 Å². The molecule has 0 saturated heterocycles. The lowest BCUT2D eigenvalue weighted by Gasteiger charge is -2.20. The van der Waals surface area contributed by atoms with Gasteiger partial charge in [-0.2, -0.15) is 0 Å². The Kier molecular flexibility index (Phi) is 6.06. The highest BCUT2D eigenvalue weighted by atomic mass is 16.3. The predicted octanol–water partition coefficient (Wildman–Crippen LogP) is 4.52. The molecule has 3 rings (SSSR count). The zero-order valence-electron chi connectivity index (χ0n) is 18.9. The third-order valence-electron chi connectivity index (χ3n) is 5.20. The Hall–Kier alpha value is -3.35. The van der Waals surface area contributed by atoms with Gasteiger partial charge in [-0.3, -0.25) is 9.36 Å². The molecule has 1 heterocycles. The van der Waals surface area contributed by atoms with E-state index in [1.165, 1.54) is 6.07 Å². The maximum absolute atomic E-state index is 12.7. The van der Waals surface area contributed by atoms with Gasteiger partial charge in [0, 0.05) is 18.3 Å². The Morgan fingerprint density at radius 3 is 2.26 bits per heavy atom. The van der Waals surface area contributed by atoms with Gasteiger partial charge in [-0.1, -0.05) is 46.8 Å². The average molecular weight is 423 g/mol. The molecule has 0 spiro atoms. The molecule has 0 saturated carbocycles. The zero-order valence-corrected chi connectivity index (χ0v) is 18.9. The molecule has 0 aliphatic rings. The lowest BCUT2D eigenvalue weighted by Crippen LogP contribution is -2.26. The van der Waals surface area contributed by atoms with Crippen molar-refractivity contribution in [2.75, 3.05) is 6.54 Å². The number of benzene rings is 2. The lowest BCUT2D eigenvalue weighted by molar-refractivity contribution is 0.0943. The topological polar surface area (TPSA) is 100 Å². The van der Waals surface area contributed by atoms with Gasteiger partial charge < -0.3 is 15.5 Å². The van der Waals surface area contributed by atoms with Gasteiger partial charge >= 0.3 is 0 Å². The van der Waals surface area contributed by atoms with Gasteiger partial charge in [0.15, 0.2) is 5.82 Å². The zero-order chi connectivity index (χ0) is 22.9.